The van der Waals surface area contributed by atoms with Crippen molar-refractivity contribution in [2.45, 2.75) is 58.7 Å². The fraction of sp³-hybridized carbons (Fsp3) is 0.538. The summed E-state index contributed by atoms with van der Waals surface area (Å²) in [6.45, 7) is 7.26. The van der Waals surface area contributed by atoms with Crippen LogP contribution in [0.5, 0.6) is 5.75 Å². The molecule has 0 saturated carbocycles. The minimum atomic E-state index is -1.15. The van der Waals surface area contributed by atoms with E-state index in [1.807, 2.05) is 0 Å². The molecule has 1 aliphatic rings. The first-order valence-electron chi connectivity index (χ1n) is 12.7. The molecule has 13 nitrogen and oxygen atoms in total. The third-order valence-electron chi connectivity index (χ3n) is 6.71. The summed E-state index contributed by atoms with van der Waals surface area (Å²) in [5.41, 5.74) is 6.33. The van der Waals surface area contributed by atoms with Crippen LogP contribution in [-0.4, -0.2) is 82.2 Å². The quantitative estimate of drug-likeness (QED) is 0.455. The number of methoxy groups -OCH3 is 2. The van der Waals surface area contributed by atoms with Gasteiger partial charge in [-0.3, -0.25) is 19.3 Å². The summed E-state index contributed by atoms with van der Waals surface area (Å²) < 4.78 is 16.0. The standard InChI is InChI=1S/C26H35N5O8/c1-14(2)19(27)24(34)30(25(35)38-6)23(33)18-8-7-13-29(18)20(15(3)4)21(32)22-28-31(26(36)39-22)16-9-11-17(37-5)12-10-16/h9-12,14-15,18-20H,7-8,13,27H2,1-6H3/t18-,19-,20-/m0/s1. The first-order chi connectivity index (χ1) is 18.4. The van der Waals surface area contributed by atoms with Gasteiger partial charge < -0.3 is 19.6 Å². The van der Waals surface area contributed by atoms with E-state index in [4.69, 9.17) is 19.6 Å². The van der Waals surface area contributed by atoms with Gasteiger partial charge in [-0.15, -0.1) is 5.10 Å². The number of hydrogen-bond acceptors (Lipinski definition) is 11. The topological polar surface area (TPSA) is 167 Å². The number of amides is 3. The normalized spacial score (nSPS) is 17.2. The van der Waals surface area contributed by atoms with E-state index in [-0.39, 0.29) is 18.3 Å². The van der Waals surface area contributed by atoms with E-state index in [0.717, 1.165) is 11.8 Å². The average Bonchev–Trinajstić information content (AvgIpc) is 3.54. The maximum atomic E-state index is 13.7. The second-order valence-electron chi connectivity index (χ2n) is 9.98. The molecule has 1 aromatic heterocycles. The molecule has 1 aliphatic heterocycles. The number of aromatic nitrogens is 2. The Morgan fingerprint density at radius 2 is 1.72 bits per heavy atom. The zero-order valence-electron chi connectivity index (χ0n) is 22.9. The van der Waals surface area contributed by atoms with Gasteiger partial charge in [0.25, 0.3) is 17.7 Å². The molecule has 0 radical (unpaired) electrons. The lowest BCUT2D eigenvalue weighted by Crippen LogP contribution is -2.58. The van der Waals surface area contributed by atoms with Crippen LogP contribution in [0.4, 0.5) is 4.79 Å². The third kappa shape index (κ3) is 6.09. The van der Waals surface area contributed by atoms with Crippen LogP contribution in [0.2, 0.25) is 0 Å². The number of carbonyl (C=O) groups excluding carboxylic acids is 4. The van der Waals surface area contributed by atoms with Crippen LogP contribution in [0.25, 0.3) is 5.69 Å². The molecule has 0 spiro atoms. The number of likely N-dealkylation sites (tertiary alicyclic amines) is 1. The third-order valence-corrected chi connectivity index (χ3v) is 6.71. The number of ether oxygens (including phenoxy) is 2. The second kappa shape index (κ2) is 12.3. The molecular weight excluding hydrogens is 510 g/mol. The smallest absolute Gasteiger partial charge is 0.442 e. The fourth-order valence-electron chi connectivity index (χ4n) is 4.58. The number of Topliss-reactive ketones (excluding diaryl/α,β-unsaturated/α-hetero) is 1. The lowest BCUT2D eigenvalue weighted by molar-refractivity contribution is -0.146. The zero-order chi connectivity index (χ0) is 29.0. The molecule has 3 atom stereocenters. The Kier molecular flexibility index (Phi) is 9.41. The highest BCUT2D eigenvalue weighted by Crippen LogP contribution is 2.28. The Labute approximate surface area is 225 Å². The van der Waals surface area contributed by atoms with Crippen molar-refractivity contribution >= 4 is 23.7 Å². The van der Waals surface area contributed by atoms with Crippen molar-refractivity contribution in [3.8, 4) is 11.4 Å². The molecule has 1 saturated heterocycles. The van der Waals surface area contributed by atoms with Gasteiger partial charge in [0.15, 0.2) is 0 Å². The van der Waals surface area contributed by atoms with Crippen LogP contribution < -0.4 is 16.2 Å². The SMILES string of the molecule is COC(=O)N(C(=O)[C@@H](N)C(C)C)C(=O)[C@@H]1CCCN1[C@H](C(=O)c1nn(-c2ccc(OC)cc2)c(=O)o1)C(C)C. The van der Waals surface area contributed by atoms with E-state index < -0.39 is 53.5 Å². The van der Waals surface area contributed by atoms with Gasteiger partial charge in [0, 0.05) is 0 Å². The molecule has 2 N–H and O–H groups in total. The van der Waals surface area contributed by atoms with Gasteiger partial charge in [0.2, 0.25) is 5.78 Å². The van der Waals surface area contributed by atoms with Crippen molar-refractivity contribution in [2.75, 3.05) is 20.8 Å². The molecule has 212 valence electrons. The number of carbonyl (C=O) groups is 4. The van der Waals surface area contributed by atoms with Crippen molar-refractivity contribution in [3.05, 3.63) is 40.7 Å². The van der Waals surface area contributed by atoms with E-state index >= 15 is 0 Å². The van der Waals surface area contributed by atoms with Gasteiger partial charge in [0.05, 0.1) is 38.0 Å². The summed E-state index contributed by atoms with van der Waals surface area (Å²) in [6.07, 6.45) is -0.335. The molecule has 1 aromatic carbocycles. The van der Waals surface area contributed by atoms with Crippen LogP contribution in [-0.2, 0) is 14.3 Å². The highest BCUT2D eigenvalue weighted by Gasteiger charge is 2.46. The molecule has 3 amide bonds. The maximum Gasteiger partial charge on any atom is 0.442 e. The molecule has 13 heteroatoms. The maximum absolute atomic E-state index is 13.7. The van der Waals surface area contributed by atoms with E-state index in [1.165, 1.54) is 7.11 Å². The number of nitrogens with zero attached hydrogens (tertiary/aromatic N) is 4. The van der Waals surface area contributed by atoms with Crippen molar-refractivity contribution < 1.29 is 33.1 Å². The largest absolute Gasteiger partial charge is 0.497 e. The molecule has 2 heterocycles. The highest BCUT2D eigenvalue weighted by molar-refractivity contribution is 6.12. The number of imide groups is 3. The Morgan fingerprint density at radius 1 is 1.08 bits per heavy atom. The summed E-state index contributed by atoms with van der Waals surface area (Å²) in [5, 5.41) is 4.11. The van der Waals surface area contributed by atoms with E-state index in [1.54, 1.807) is 56.9 Å². The molecule has 1 fully saturated rings. The van der Waals surface area contributed by atoms with Gasteiger partial charge in [-0.1, -0.05) is 27.7 Å². The lowest BCUT2D eigenvalue weighted by atomic mass is 9.96. The van der Waals surface area contributed by atoms with Crippen LogP contribution >= 0.6 is 0 Å². The summed E-state index contributed by atoms with van der Waals surface area (Å²) in [6, 6.07) is 3.42. The van der Waals surface area contributed by atoms with Gasteiger partial charge >= 0.3 is 11.8 Å². The monoisotopic (exact) mass is 545 g/mol. The van der Waals surface area contributed by atoms with Gasteiger partial charge in [-0.2, -0.15) is 9.58 Å². The highest BCUT2D eigenvalue weighted by atomic mass is 16.5. The lowest BCUT2D eigenvalue weighted by Gasteiger charge is -2.34. The number of benzene rings is 1. The minimum Gasteiger partial charge on any atom is -0.497 e. The van der Waals surface area contributed by atoms with Crippen molar-refractivity contribution in [1.82, 2.24) is 19.6 Å². The Bertz CT molecular complexity index is 1270. The number of rotatable bonds is 9. The van der Waals surface area contributed by atoms with E-state index in [0.29, 0.717) is 29.3 Å². The summed E-state index contributed by atoms with van der Waals surface area (Å²) in [5.74, 6) is -3.71. The average molecular weight is 546 g/mol. The van der Waals surface area contributed by atoms with Gasteiger partial charge in [-0.05, 0) is 55.5 Å². The Hall–Kier alpha value is -3.84. The van der Waals surface area contributed by atoms with Crippen molar-refractivity contribution in [1.29, 1.82) is 0 Å². The molecule has 0 aliphatic carbocycles. The summed E-state index contributed by atoms with van der Waals surface area (Å²) in [4.78, 5) is 67.3. The molecular formula is C26H35N5O8. The second-order valence-corrected chi connectivity index (χ2v) is 9.98. The van der Waals surface area contributed by atoms with Crippen LogP contribution in [0, 0.1) is 11.8 Å². The fourth-order valence-corrected chi connectivity index (χ4v) is 4.58. The minimum absolute atomic E-state index is 0.289. The predicted molar refractivity (Wildman–Crippen MR) is 138 cm³/mol. The summed E-state index contributed by atoms with van der Waals surface area (Å²) in [7, 11) is 2.57. The van der Waals surface area contributed by atoms with Crippen molar-refractivity contribution in [3.63, 3.8) is 0 Å². The van der Waals surface area contributed by atoms with Crippen LogP contribution in [0.1, 0.15) is 51.2 Å². The molecule has 0 bridgehead atoms. The Balaban J connectivity index is 1.93. The van der Waals surface area contributed by atoms with Crippen molar-refractivity contribution in [2.24, 2.45) is 17.6 Å². The van der Waals surface area contributed by atoms with E-state index in [9.17, 15) is 24.0 Å². The van der Waals surface area contributed by atoms with Crippen LogP contribution in [0.3, 0.4) is 0 Å². The molecule has 2 aromatic rings. The zero-order valence-corrected chi connectivity index (χ0v) is 22.9. The summed E-state index contributed by atoms with van der Waals surface area (Å²) >= 11 is 0. The number of nitrogens with two attached hydrogens (primary N) is 1. The predicted octanol–water partition coefficient (Wildman–Crippen LogP) is 1.61. The molecule has 3 rings (SSSR count). The molecule has 39 heavy (non-hydrogen) atoms. The molecule has 0 unspecified atom stereocenters. The number of ketones is 1. The first kappa shape index (κ1) is 29.7. The Morgan fingerprint density at radius 3 is 2.26 bits per heavy atom. The van der Waals surface area contributed by atoms with Crippen LogP contribution in [0.15, 0.2) is 33.5 Å². The first-order valence-corrected chi connectivity index (χ1v) is 12.7. The number of hydrogen-bond donors (Lipinski definition) is 1. The van der Waals surface area contributed by atoms with Gasteiger partial charge in [-0.25, -0.2) is 9.59 Å². The van der Waals surface area contributed by atoms with E-state index in [2.05, 4.69) is 5.10 Å². The van der Waals surface area contributed by atoms with Gasteiger partial charge in [0.1, 0.15) is 5.75 Å².